The number of aryl methyl sites for hydroxylation is 1. The van der Waals surface area contributed by atoms with Crippen LogP contribution in [0.1, 0.15) is 66.6 Å². The Morgan fingerprint density at radius 1 is 1.03 bits per heavy atom. The molecule has 0 atom stereocenters. The minimum Gasteiger partial charge on any atom is -0.458 e. The number of nitrogens with one attached hydrogen (secondary N) is 1. The third-order valence-corrected chi connectivity index (χ3v) is 7.77. The Kier molecular flexibility index (Phi) is 6.26. The maximum Gasteiger partial charge on any atom is 0.348 e. The van der Waals surface area contributed by atoms with Crippen molar-refractivity contribution in [2.24, 2.45) is 0 Å². The van der Waals surface area contributed by atoms with Crippen molar-refractivity contribution in [3.63, 3.8) is 0 Å². The van der Waals surface area contributed by atoms with Gasteiger partial charge in [0.25, 0.3) is 0 Å². The predicted molar refractivity (Wildman–Crippen MR) is 130 cm³/mol. The number of rotatable bonds is 5. The molecule has 7 heteroatoms. The number of piperidine rings is 1. The molecular formula is C25H30N4O2S. The number of ether oxygens (including phenoxy) is 1. The second kappa shape index (κ2) is 9.45. The van der Waals surface area contributed by atoms with Crippen molar-refractivity contribution in [1.29, 1.82) is 0 Å². The molecule has 5 rings (SSSR count). The van der Waals surface area contributed by atoms with Gasteiger partial charge in [0.05, 0.1) is 5.39 Å². The molecule has 2 aliphatic rings. The summed E-state index contributed by atoms with van der Waals surface area (Å²) < 4.78 is 5.81. The fourth-order valence-corrected chi connectivity index (χ4v) is 5.83. The Morgan fingerprint density at radius 3 is 2.50 bits per heavy atom. The zero-order valence-corrected chi connectivity index (χ0v) is 19.4. The molecule has 0 spiro atoms. The number of hydrogen-bond donors (Lipinski definition) is 1. The van der Waals surface area contributed by atoms with Gasteiger partial charge in [-0.1, -0.05) is 6.42 Å². The Bertz CT molecular complexity index is 1080. The van der Waals surface area contributed by atoms with Gasteiger partial charge in [0, 0.05) is 24.5 Å². The van der Waals surface area contributed by atoms with E-state index in [4.69, 9.17) is 4.74 Å². The van der Waals surface area contributed by atoms with Crippen molar-refractivity contribution in [2.45, 2.75) is 64.4 Å². The van der Waals surface area contributed by atoms with Crippen LogP contribution in [0.3, 0.4) is 0 Å². The van der Waals surface area contributed by atoms with E-state index in [1.807, 2.05) is 6.92 Å². The van der Waals surface area contributed by atoms with Crippen molar-refractivity contribution < 1.29 is 9.53 Å². The van der Waals surface area contributed by atoms with E-state index in [2.05, 4.69) is 44.5 Å². The Hall–Kier alpha value is -2.67. The largest absolute Gasteiger partial charge is 0.458 e. The van der Waals surface area contributed by atoms with Gasteiger partial charge < -0.3 is 15.0 Å². The quantitative estimate of drug-likeness (QED) is 0.465. The first-order chi connectivity index (χ1) is 15.7. The summed E-state index contributed by atoms with van der Waals surface area (Å²) in [6, 6.07) is 8.52. The van der Waals surface area contributed by atoms with E-state index in [1.54, 1.807) is 6.33 Å². The average molecular weight is 451 g/mol. The minimum absolute atomic E-state index is 0.0444. The maximum atomic E-state index is 12.9. The SMILES string of the molecule is Cc1c(C(=O)OC2CCCCC2)sc2ncnc(Nc3ccc(N4CCCCC4)cc3)c12. The van der Waals surface area contributed by atoms with Crippen LogP contribution in [0.2, 0.25) is 0 Å². The zero-order chi connectivity index (χ0) is 21.9. The van der Waals surface area contributed by atoms with Crippen molar-refractivity contribution >= 4 is 44.7 Å². The molecule has 6 nitrogen and oxygen atoms in total. The summed E-state index contributed by atoms with van der Waals surface area (Å²) in [5, 5.41) is 4.33. The number of nitrogens with zero attached hydrogens (tertiary/aromatic N) is 3. The topological polar surface area (TPSA) is 67.3 Å². The number of thiophene rings is 1. The second-order valence-corrected chi connectivity index (χ2v) is 9.84. The van der Waals surface area contributed by atoms with Gasteiger partial charge in [0.2, 0.25) is 0 Å². The molecule has 0 bridgehead atoms. The summed E-state index contributed by atoms with van der Waals surface area (Å²) >= 11 is 1.39. The summed E-state index contributed by atoms with van der Waals surface area (Å²) in [6.45, 7) is 4.23. The summed E-state index contributed by atoms with van der Waals surface area (Å²) in [4.78, 5) is 25.7. The highest BCUT2D eigenvalue weighted by Crippen LogP contribution is 2.36. The number of benzene rings is 1. The van der Waals surface area contributed by atoms with Gasteiger partial charge in [-0.25, -0.2) is 14.8 Å². The molecule has 1 N–H and O–H groups in total. The van der Waals surface area contributed by atoms with E-state index < -0.39 is 0 Å². The van der Waals surface area contributed by atoms with Crippen LogP contribution in [0, 0.1) is 6.92 Å². The van der Waals surface area contributed by atoms with Crippen LogP contribution in [0.15, 0.2) is 30.6 Å². The normalized spacial score (nSPS) is 17.5. The third-order valence-electron chi connectivity index (χ3n) is 6.59. The van der Waals surface area contributed by atoms with Gasteiger partial charge in [0.15, 0.2) is 0 Å². The molecule has 168 valence electrons. The number of esters is 1. The molecule has 0 amide bonds. The van der Waals surface area contributed by atoms with Gasteiger partial charge in [-0.15, -0.1) is 11.3 Å². The van der Waals surface area contributed by atoms with Crippen LogP contribution >= 0.6 is 11.3 Å². The highest BCUT2D eigenvalue weighted by atomic mass is 32.1. The number of hydrogen-bond acceptors (Lipinski definition) is 7. The second-order valence-electron chi connectivity index (χ2n) is 8.84. The minimum atomic E-state index is -0.228. The molecule has 1 aliphatic carbocycles. The lowest BCUT2D eigenvalue weighted by Crippen LogP contribution is -2.29. The molecule has 3 aromatic rings. The summed E-state index contributed by atoms with van der Waals surface area (Å²) in [5.74, 6) is 0.500. The fraction of sp³-hybridized carbons (Fsp3) is 0.480. The molecule has 0 unspecified atom stereocenters. The van der Waals surface area contributed by atoms with Gasteiger partial charge in [-0.2, -0.15) is 0 Å². The van der Waals surface area contributed by atoms with E-state index in [9.17, 15) is 4.79 Å². The van der Waals surface area contributed by atoms with Crippen molar-refractivity contribution in [3.05, 3.63) is 41.0 Å². The molecule has 0 radical (unpaired) electrons. The molecule has 1 saturated carbocycles. The monoisotopic (exact) mass is 450 g/mol. The zero-order valence-electron chi connectivity index (χ0n) is 18.6. The molecule has 2 fully saturated rings. The number of anilines is 3. The summed E-state index contributed by atoms with van der Waals surface area (Å²) in [5.41, 5.74) is 3.13. The van der Waals surface area contributed by atoms with E-state index in [1.165, 1.54) is 42.7 Å². The molecule has 1 saturated heterocycles. The molecule has 1 aliphatic heterocycles. The summed E-state index contributed by atoms with van der Waals surface area (Å²) in [7, 11) is 0. The molecule has 3 heterocycles. The van der Waals surface area contributed by atoms with Gasteiger partial charge in [-0.05, 0) is 81.7 Å². The fourth-order valence-electron chi connectivity index (χ4n) is 4.79. The average Bonchev–Trinajstić information content (AvgIpc) is 3.18. The molecule has 1 aromatic carbocycles. The van der Waals surface area contributed by atoms with Crippen LogP contribution in [-0.4, -0.2) is 35.1 Å². The van der Waals surface area contributed by atoms with Crippen LogP contribution in [-0.2, 0) is 4.74 Å². The first-order valence-electron chi connectivity index (χ1n) is 11.8. The van der Waals surface area contributed by atoms with Gasteiger partial charge >= 0.3 is 5.97 Å². The first kappa shape index (κ1) is 21.2. The van der Waals surface area contributed by atoms with E-state index in [0.717, 1.165) is 66.1 Å². The molecule has 32 heavy (non-hydrogen) atoms. The van der Waals surface area contributed by atoms with E-state index in [0.29, 0.717) is 4.88 Å². The highest BCUT2D eigenvalue weighted by Gasteiger charge is 2.24. The Balaban J connectivity index is 1.35. The number of aromatic nitrogens is 2. The lowest BCUT2D eigenvalue weighted by Gasteiger charge is -2.28. The van der Waals surface area contributed by atoms with E-state index >= 15 is 0 Å². The van der Waals surface area contributed by atoms with Crippen LogP contribution in [0.25, 0.3) is 10.2 Å². The Morgan fingerprint density at radius 2 is 1.75 bits per heavy atom. The maximum absolute atomic E-state index is 12.9. The number of carbonyl (C=O) groups is 1. The lowest BCUT2D eigenvalue weighted by molar-refractivity contribution is 0.0216. The molecule has 2 aromatic heterocycles. The lowest BCUT2D eigenvalue weighted by atomic mass is 9.98. The highest BCUT2D eigenvalue weighted by molar-refractivity contribution is 7.20. The van der Waals surface area contributed by atoms with Crippen molar-refractivity contribution in [1.82, 2.24) is 9.97 Å². The smallest absolute Gasteiger partial charge is 0.348 e. The standard InChI is InChI=1S/C25H30N4O2S/c1-17-21-23(28-18-10-12-19(13-11-18)29-14-6-3-7-15-29)26-16-27-24(21)32-22(17)25(30)31-20-8-4-2-5-9-20/h10-13,16,20H,2-9,14-15H2,1H3,(H,26,27,28). The van der Waals surface area contributed by atoms with Gasteiger partial charge in [-0.3, -0.25) is 0 Å². The molecular weight excluding hydrogens is 420 g/mol. The Labute approximate surface area is 193 Å². The van der Waals surface area contributed by atoms with Crippen LogP contribution < -0.4 is 10.2 Å². The predicted octanol–water partition coefficient (Wildman–Crippen LogP) is 6.22. The number of fused-ring (bicyclic) bond motifs is 1. The van der Waals surface area contributed by atoms with Gasteiger partial charge in [0.1, 0.15) is 28.0 Å². The number of carbonyl (C=O) groups excluding carboxylic acids is 1. The van der Waals surface area contributed by atoms with Crippen molar-refractivity contribution in [2.75, 3.05) is 23.3 Å². The van der Waals surface area contributed by atoms with Crippen LogP contribution in [0.4, 0.5) is 17.2 Å². The van der Waals surface area contributed by atoms with Crippen molar-refractivity contribution in [3.8, 4) is 0 Å². The van der Waals surface area contributed by atoms with E-state index in [-0.39, 0.29) is 12.1 Å². The third kappa shape index (κ3) is 4.44. The first-order valence-corrected chi connectivity index (χ1v) is 12.6. The summed E-state index contributed by atoms with van der Waals surface area (Å²) in [6.07, 6.45) is 10.9. The van der Waals surface area contributed by atoms with Crippen LogP contribution in [0.5, 0.6) is 0 Å².